The molecule has 0 fully saturated rings. The number of fused-ring (bicyclic) bond motifs is 16. The number of nitrogens with zero attached hydrogens (tertiary/aromatic N) is 2. The van der Waals surface area contributed by atoms with Crippen molar-refractivity contribution in [2.45, 2.75) is 96.8 Å². The highest BCUT2D eigenvalue weighted by atomic mass is 16.3. The fourth-order valence-corrected chi connectivity index (χ4v) is 12.4. The highest BCUT2D eigenvalue weighted by Gasteiger charge is 2.47. The molecule has 9 aromatic rings. The van der Waals surface area contributed by atoms with E-state index in [1.165, 1.54) is 113 Å². The predicted octanol–water partition coefficient (Wildman–Crippen LogP) is 13.9. The quantitative estimate of drug-likeness (QED) is 0.154. The van der Waals surface area contributed by atoms with E-state index in [0.29, 0.717) is 0 Å². The Labute approximate surface area is 359 Å². The van der Waals surface area contributed by atoms with E-state index in [2.05, 4.69) is 193 Å². The number of furan rings is 1. The van der Waals surface area contributed by atoms with Crippen LogP contribution in [0.5, 0.6) is 0 Å². The van der Waals surface area contributed by atoms with Crippen LogP contribution >= 0.6 is 0 Å². The number of aromatic nitrogens is 1. The van der Waals surface area contributed by atoms with Gasteiger partial charge in [0, 0.05) is 49.6 Å². The van der Waals surface area contributed by atoms with E-state index in [0.717, 1.165) is 21.9 Å². The Morgan fingerprint density at radius 3 is 2.07 bits per heavy atom. The van der Waals surface area contributed by atoms with Gasteiger partial charge in [-0.2, -0.15) is 0 Å². The van der Waals surface area contributed by atoms with Crippen LogP contribution in [0.1, 0.15) is 103 Å². The summed E-state index contributed by atoms with van der Waals surface area (Å²) in [6, 6.07) is 47.0. The second-order valence-electron chi connectivity index (χ2n) is 21.6. The standard InChI is InChI=1S/C57H51BN2O/c1-54(2,3)32-18-20-33(21-19-32)60-46-30-43-42(55(4,5)26-27-56(43,6)7)28-38(46)35-22-23-37-51-45(25-24-41-50(51)36-15-10-12-16-40(36)57(41,8)9)59-47-29-39-34-14-11-13-17-48(34)61-49(39)31-44(47)58(60)52(35)53(37)59/h10-25,28-31H,26-27H2,1-9H3. The third-order valence-corrected chi connectivity index (χ3v) is 15.8. The first-order chi connectivity index (χ1) is 29.1. The lowest BCUT2D eigenvalue weighted by Gasteiger charge is -2.46. The Morgan fingerprint density at radius 1 is 0.574 bits per heavy atom. The lowest BCUT2D eigenvalue weighted by molar-refractivity contribution is 0.332. The van der Waals surface area contributed by atoms with Crippen molar-refractivity contribution in [1.82, 2.24) is 4.57 Å². The molecule has 0 N–H and O–H groups in total. The molecule has 0 radical (unpaired) electrons. The van der Waals surface area contributed by atoms with E-state index in [-0.39, 0.29) is 28.5 Å². The van der Waals surface area contributed by atoms with Crippen LogP contribution in [0.25, 0.3) is 71.7 Å². The third-order valence-electron chi connectivity index (χ3n) is 15.8. The molecule has 0 unspecified atom stereocenters. The molecular weight excluding hydrogens is 739 g/mol. The van der Waals surface area contributed by atoms with Gasteiger partial charge in [-0.1, -0.05) is 135 Å². The van der Waals surface area contributed by atoms with Crippen LogP contribution < -0.4 is 15.7 Å². The lowest BCUT2D eigenvalue weighted by atomic mass is 9.43. The summed E-state index contributed by atoms with van der Waals surface area (Å²) in [6.07, 6.45) is 2.35. The molecule has 0 saturated carbocycles. The molecule has 0 amide bonds. The fraction of sp³-hybridized carbons (Fsp3) is 0.263. The van der Waals surface area contributed by atoms with Gasteiger partial charge in [0.15, 0.2) is 0 Å². The molecule has 0 spiro atoms. The minimum Gasteiger partial charge on any atom is -0.456 e. The van der Waals surface area contributed by atoms with Crippen molar-refractivity contribution in [2.75, 3.05) is 4.81 Å². The van der Waals surface area contributed by atoms with Crippen molar-refractivity contribution in [1.29, 1.82) is 0 Å². The zero-order valence-corrected chi connectivity index (χ0v) is 36.8. The van der Waals surface area contributed by atoms with Crippen molar-refractivity contribution < 1.29 is 4.42 Å². The van der Waals surface area contributed by atoms with E-state index >= 15 is 0 Å². The Bertz CT molecular complexity index is 3440. The van der Waals surface area contributed by atoms with Crippen LogP contribution in [-0.4, -0.2) is 11.4 Å². The van der Waals surface area contributed by atoms with Crippen LogP contribution in [0.15, 0.2) is 126 Å². The average molecular weight is 791 g/mol. The number of hydrogen-bond donors (Lipinski definition) is 0. The van der Waals surface area contributed by atoms with E-state index < -0.39 is 0 Å². The van der Waals surface area contributed by atoms with E-state index in [9.17, 15) is 0 Å². The Hall–Kier alpha value is -6.00. The molecule has 4 heteroatoms. The van der Waals surface area contributed by atoms with E-state index in [1.54, 1.807) is 0 Å². The molecular formula is C57H51BN2O. The molecule has 61 heavy (non-hydrogen) atoms. The van der Waals surface area contributed by atoms with Crippen LogP contribution in [0.2, 0.25) is 0 Å². The first-order valence-electron chi connectivity index (χ1n) is 22.4. The largest absolute Gasteiger partial charge is 0.456 e. The molecule has 2 aliphatic heterocycles. The average Bonchev–Trinajstić information content (AvgIpc) is 3.86. The first kappa shape index (κ1) is 35.7. The molecule has 2 aromatic heterocycles. The van der Waals surface area contributed by atoms with Crippen LogP contribution in [0.4, 0.5) is 11.4 Å². The van der Waals surface area contributed by atoms with Gasteiger partial charge in [0.1, 0.15) is 11.2 Å². The highest BCUT2D eigenvalue weighted by molar-refractivity contribution is 6.94. The van der Waals surface area contributed by atoms with Gasteiger partial charge in [0.25, 0.3) is 0 Å². The second kappa shape index (κ2) is 11.3. The van der Waals surface area contributed by atoms with Crippen molar-refractivity contribution >= 4 is 72.9 Å². The number of hydrogen-bond acceptors (Lipinski definition) is 2. The molecule has 7 aromatic carbocycles. The molecule has 3 nitrogen and oxygen atoms in total. The molecule has 0 saturated heterocycles. The summed E-state index contributed by atoms with van der Waals surface area (Å²) in [5.41, 5.74) is 23.5. The van der Waals surface area contributed by atoms with Gasteiger partial charge in [0.2, 0.25) is 0 Å². The van der Waals surface area contributed by atoms with Crippen molar-refractivity contribution in [3.63, 3.8) is 0 Å². The van der Waals surface area contributed by atoms with Crippen molar-refractivity contribution in [3.05, 3.63) is 149 Å². The van der Waals surface area contributed by atoms with Crippen molar-refractivity contribution in [3.8, 4) is 27.9 Å². The van der Waals surface area contributed by atoms with Crippen LogP contribution in [0, 0.1) is 0 Å². The SMILES string of the molecule is CC(C)(C)c1ccc(N2B3c4cc5oc6ccccc6c5cc4-n4c5ccc6c(c5c5ccc(c3c54)-c3cc4c(cc32)C(C)(C)CCC4(C)C)-c2ccccc2C6(C)C)cc1. The van der Waals surface area contributed by atoms with E-state index in [4.69, 9.17) is 4.42 Å². The third kappa shape index (κ3) is 4.46. The maximum Gasteiger partial charge on any atom is 0.333 e. The molecule has 13 rings (SSSR count). The Balaban J connectivity index is 1.22. The molecule has 0 bridgehead atoms. The zero-order valence-electron chi connectivity index (χ0n) is 36.8. The van der Waals surface area contributed by atoms with Crippen LogP contribution in [0.3, 0.4) is 0 Å². The highest BCUT2D eigenvalue weighted by Crippen LogP contribution is 2.56. The lowest BCUT2D eigenvalue weighted by Crippen LogP contribution is -2.60. The van der Waals surface area contributed by atoms with Gasteiger partial charge in [-0.15, -0.1) is 0 Å². The summed E-state index contributed by atoms with van der Waals surface area (Å²) in [5.74, 6) is 0. The van der Waals surface area contributed by atoms with Gasteiger partial charge < -0.3 is 13.8 Å². The van der Waals surface area contributed by atoms with Gasteiger partial charge in [-0.25, -0.2) is 0 Å². The molecule has 2 aliphatic carbocycles. The minimum absolute atomic E-state index is 0.0461. The van der Waals surface area contributed by atoms with Crippen molar-refractivity contribution in [2.24, 2.45) is 0 Å². The minimum atomic E-state index is -0.0974. The number of benzene rings is 7. The molecule has 0 atom stereocenters. The topological polar surface area (TPSA) is 21.3 Å². The normalized spacial score (nSPS) is 17.5. The maximum atomic E-state index is 6.77. The van der Waals surface area contributed by atoms with Gasteiger partial charge in [-0.3, -0.25) is 0 Å². The molecule has 4 aliphatic rings. The summed E-state index contributed by atoms with van der Waals surface area (Å²) < 4.78 is 9.41. The number of anilines is 2. The summed E-state index contributed by atoms with van der Waals surface area (Å²) in [5, 5.41) is 5.00. The number of para-hydroxylation sites is 1. The summed E-state index contributed by atoms with van der Waals surface area (Å²) in [6.45, 7) is 21.5. The first-order valence-corrected chi connectivity index (χ1v) is 22.4. The predicted molar refractivity (Wildman–Crippen MR) is 259 cm³/mol. The molecule has 298 valence electrons. The smallest absolute Gasteiger partial charge is 0.333 e. The summed E-state index contributed by atoms with van der Waals surface area (Å²) >= 11 is 0. The van der Waals surface area contributed by atoms with Gasteiger partial charge in [0.05, 0.1) is 11.0 Å². The zero-order chi connectivity index (χ0) is 41.7. The maximum absolute atomic E-state index is 6.77. The van der Waals surface area contributed by atoms with E-state index in [1.807, 2.05) is 0 Å². The van der Waals surface area contributed by atoms with Gasteiger partial charge in [-0.05, 0) is 133 Å². The van der Waals surface area contributed by atoms with Gasteiger partial charge >= 0.3 is 6.85 Å². The summed E-state index contributed by atoms with van der Waals surface area (Å²) in [7, 11) is 0. The summed E-state index contributed by atoms with van der Waals surface area (Å²) in [4.78, 5) is 2.71. The fourth-order valence-electron chi connectivity index (χ4n) is 12.4. The molecule has 4 heterocycles. The monoisotopic (exact) mass is 790 g/mol. The number of rotatable bonds is 1. The van der Waals surface area contributed by atoms with Crippen LogP contribution in [-0.2, 0) is 21.7 Å². The Kier molecular flexibility index (Phi) is 6.60. The Morgan fingerprint density at radius 2 is 1.30 bits per heavy atom. The second-order valence-corrected chi connectivity index (χ2v) is 21.6.